The van der Waals surface area contributed by atoms with E-state index in [1.807, 2.05) is 0 Å². The van der Waals surface area contributed by atoms with E-state index in [4.69, 9.17) is 0 Å². The molecule has 1 aromatic carbocycles. The third-order valence-electron chi connectivity index (χ3n) is 1.75. The molecule has 0 aliphatic heterocycles. The number of hydrogen-bond donors (Lipinski definition) is 2. The lowest BCUT2D eigenvalue weighted by atomic mass is 10.2. The fraction of sp³-hybridized carbons (Fsp3) is 0.222. The maximum absolute atomic E-state index is 11.0. The zero-order valence-electron chi connectivity index (χ0n) is 8.44. The number of amides is 1. The number of benzene rings is 1. The van der Waals surface area contributed by atoms with Crippen LogP contribution in [0.2, 0.25) is 0 Å². The van der Waals surface area contributed by atoms with Gasteiger partial charge in [-0.2, -0.15) is 0 Å². The molecule has 0 saturated heterocycles. The van der Waals surface area contributed by atoms with Gasteiger partial charge < -0.3 is 5.32 Å². The highest BCUT2D eigenvalue weighted by Crippen LogP contribution is 2.19. The normalized spacial score (nSPS) is 10.8. The number of aryl methyl sites for hydroxylation is 1. The zero-order chi connectivity index (χ0) is 11.5. The number of carbonyl (C=O) groups excluding carboxylic acids is 1. The molecule has 0 radical (unpaired) electrons. The van der Waals surface area contributed by atoms with E-state index in [1.54, 1.807) is 25.1 Å². The van der Waals surface area contributed by atoms with Gasteiger partial charge in [0.05, 0.1) is 11.9 Å². The smallest absolute Gasteiger partial charge is 0.229 e. The average molecular weight is 228 g/mol. The van der Waals surface area contributed by atoms with Gasteiger partial charge in [0.2, 0.25) is 16.4 Å². The number of carbonyl (C=O) groups is 1. The summed E-state index contributed by atoms with van der Waals surface area (Å²) in [6.07, 6.45) is 1.66. The van der Waals surface area contributed by atoms with E-state index in [0.29, 0.717) is 17.8 Å². The van der Waals surface area contributed by atoms with E-state index in [0.717, 1.165) is 11.8 Å². The molecule has 0 unspecified atom stereocenters. The first-order valence-corrected chi connectivity index (χ1v) is 6.10. The van der Waals surface area contributed by atoms with Gasteiger partial charge in [0.1, 0.15) is 0 Å². The molecule has 0 fully saturated rings. The molecule has 1 amide bonds. The maximum atomic E-state index is 11.0. The summed E-state index contributed by atoms with van der Waals surface area (Å²) < 4.78 is 24.3. The van der Waals surface area contributed by atoms with E-state index in [1.165, 1.54) is 0 Å². The third kappa shape index (κ3) is 3.59. The van der Waals surface area contributed by atoms with Gasteiger partial charge in [-0.1, -0.05) is 0 Å². The van der Waals surface area contributed by atoms with Crippen LogP contribution in [0.4, 0.5) is 11.4 Å². The van der Waals surface area contributed by atoms with Crippen LogP contribution in [0.15, 0.2) is 18.2 Å². The number of sulfonamides is 1. The van der Waals surface area contributed by atoms with Gasteiger partial charge in [-0.15, -0.1) is 0 Å². The van der Waals surface area contributed by atoms with Crippen molar-refractivity contribution in [2.75, 3.05) is 16.3 Å². The highest BCUT2D eigenvalue weighted by Gasteiger charge is 2.04. The number of rotatable bonds is 4. The minimum Gasteiger partial charge on any atom is -0.329 e. The summed E-state index contributed by atoms with van der Waals surface area (Å²) in [5.74, 6) is 0. The fourth-order valence-corrected chi connectivity index (χ4v) is 1.76. The third-order valence-corrected chi connectivity index (χ3v) is 2.34. The van der Waals surface area contributed by atoms with Crippen molar-refractivity contribution < 1.29 is 13.2 Å². The zero-order valence-corrected chi connectivity index (χ0v) is 9.26. The molecule has 0 saturated carbocycles. The van der Waals surface area contributed by atoms with Crippen LogP contribution in [0.1, 0.15) is 5.56 Å². The number of nitrogens with one attached hydrogen (secondary N) is 2. The van der Waals surface area contributed by atoms with Crippen molar-refractivity contribution in [1.29, 1.82) is 0 Å². The summed E-state index contributed by atoms with van der Waals surface area (Å²) >= 11 is 0. The molecule has 1 rings (SSSR count). The Morgan fingerprint density at radius 1 is 1.33 bits per heavy atom. The van der Waals surface area contributed by atoms with Crippen molar-refractivity contribution >= 4 is 27.8 Å². The van der Waals surface area contributed by atoms with Crippen molar-refractivity contribution in [3.05, 3.63) is 23.8 Å². The summed E-state index contributed by atoms with van der Waals surface area (Å²) in [5, 5.41) is 2.48. The van der Waals surface area contributed by atoms with Gasteiger partial charge in [0.15, 0.2) is 0 Å². The molecule has 0 spiro atoms. The summed E-state index contributed by atoms with van der Waals surface area (Å²) in [7, 11) is -3.26. The molecule has 2 N–H and O–H groups in total. The second kappa shape index (κ2) is 4.31. The molecule has 5 nitrogen and oxygen atoms in total. The average Bonchev–Trinajstić information content (AvgIpc) is 2.08. The first kappa shape index (κ1) is 11.5. The maximum Gasteiger partial charge on any atom is 0.229 e. The first-order chi connectivity index (χ1) is 6.92. The predicted octanol–water partition coefficient (Wildman–Crippen LogP) is 0.935. The summed E-state index contributed by atoms with van der Waals surface area (Å²) in [4.78, 5) is 10.2. The van der Waals surface area contributed by atoms with Crippen LogP contribution in [0.5, 0.6) is 0 Å². The molecule has 0 aliphatic rings. The lowest BCUT2D eigenvalue weighted by Crippen LogP contribution is -2.10. The Balaban J connectivity index is 2.98. The van der Waals surface area contributed by atoms with Crippen LogP contribution in [-0.2, 0) is 14.8 Å². The first-order valence-electron chi connectivity index (χ1n) is 4.21. The molecular weight excluding hydrogens is 216 g/mol. The Bertz CT molecular complexity index is 468. The Kier molecular flexibility index (Phi) is 3.31. The van der Waals surface area contributed by atoms with E-state index in [9.17, 15) is 13.2 Å². The highest BCUT2D eigenvalue weighted by molar-refractivity contribution is 7.92. The van der Waals surface area contributed by atoms with Crippen molar-refractivity contribution in [2.24, 2.45) is 0 Å². The summed E-state index contributed by atoms with van der Waals surface area (Å²) in [6.45, 7) is 1.75. The van der Waals surface area contributed by atoms with Crippen molar-refractivity contribution in [3.63, 3.8) is 0 Å². The van der Waals surface area contributed by atoms with Gasteiger partial charge in [-0.25, -0.2) is 8.42 Å². The molecule has 0 aliphatic carbocycles. The molecule has 0 aromatic heterocycles. The Labute approximate surface area is 88.5 Å². The van der Waals surface area contributed by atoms with E-state index < -0.39 is 10.0 Å². The van der Waals surface area contributed by atoms with Crippen molar-refractivity contribution in [3.8, 4) is 0 Å². The predicted molar refractivity (Wildman–Crippen MR) is 59.3 cm³/mol. The SMILES string of the molecule is Cc1cc(NC=O)ccc1NS(C)(=O)=O. The monoisotopic (exact) mass is 228 g/mol. The van der Waals surface area contributed by atoms with Crippen LogP contribution >= 0.6 is 0 Å². The minimum atomic E-state index is -3.26. The van der Waals surface area contributed by atoms with Crippen molar-refractivity contribution in [2.45, 2.75) is 6.92 Å². The molecule has 82 valence electrons. The van der Waals surface area contributed by atoms with Crippen LogP contribution in [-0.4, -0.2) is 21.1 Å². The van der Waals surface area contributed by atoms with Gasteiger partial charge >= 0.3 is 0 Å². The van der Waals surface area contributed by atoms with Gasteiger partial charge in [0, 0.05) is 5.69 Å². The molecular formula is C9H12N2O3S. The van der Waals surface area contributed by atoms with E-state index in [2.05, 4.69) is 10.0 Å². The van der Waals surface area contributed by atoms with Gasteiger partial charge in [-0.3, -0.25) is 9.52 Å². The Morgan fingerprint density at radius 2 is 2.00 bits per heavy atom. The van der Waals surface area contributed by atoms with Crippen LogP contribution < -0.4 is 10.0 Å². The lowest BCUT2D eigenvalue weighted by molar-refractivity contribution is -0.105. The van der Waals surface area contributed by atoms with Crippen LogP contribution in [0.25, 0.3) is 0 Å². The van der Waals surface area contributed by atoms with Crippen LogP contribution in [0.3, 0.4) is 0 Å². The molecule has 0 bridgehead atoms. The summed E-state index contributed by atoms with van der Waals surface area (Å²) in [6, 6.07) is 4.90. The quantitative estimate of drug-likeness (QED) is 0.753. The standard InChI is InChI=1S/C9H12N2O3S/c1-7-5-8(10-6-12)3-4-9(7)11-15(2,13)14/h3-6,11H,1-2H3,(H,10,12). The summed E-state index contributed by atoms with van der Waals surface area (Å²) in [5.41, 5.74) is 1.88. The van der Waals surface area contributed by atoms with Gasteiger partial charge in [0.25, 0.3) is 0 Å². The lowest BCUT2D eigenvalue weighted by Gasteiger charge is -2.08. The topological polar surface area (TPSA) is 75.3 Å². The molecule has 1 aromatic rings. The Morgan fingerprint density at radius 3 is 2.47 bits per heavy atom. The van der Waals surface area contributed by atoms with E-state index in [-0.39, 0.29) is 0 Å². The highest BCUT2D eigenvalue weighted by atomic mass is 32.2. The van der Waals surface area contributed by atoms with E-state index >= 15 is 0 Å². The largest absolute Gasteiger partial charge is 0.329 e. The Hall–Kier alpha value is -1.56. The molecule has 0 heterocycles. The number of hydrogen-bond acceptors (Lipinski definition) is 3. The minimum absolute atomic E-state index is 0.508. The number of anilines is 2. The van der Waals surface area contributed by atoms with Crippen molar-refractivity contribution in [1.82, 2.24) is 0 Å². The van der Waals surface area contributed by atoms with Gasteiger partial charge in [-0.05, 0) is 30.7 Å². The molecule has 6 heteroatoms. The van der Waals surface area contributed by atoms with Crippen LogP contribution in [0, 0.1) is 6.92 Å². The fourth-order valence-electron chi connectivity index (χ4n) is 1.14. The second-order valence-electron chi connectivity index (χ2n) is 3.17. The molecule has 0 atom stereocenters. The molecule has 15 heavy (non-hydrogen) atoms. The second-order valence-corrected chi connectivity index (χ2v) is 4.91.